The van der Waals surface area contributed by atoms with Crippen LogP contribution in [0, 0.1) is 19.7 Å². The van der Waals surface area contributed by atoms with Gasteiger partial charge in [-0.2, -0.15) is 0 Å². The summed E-state index contributed by atoms with van der Waals surface area (Å²) >= 11 is 7.16. The molecular formula is C16H15Br2FO. The van der Waals surface area contributed by atoms with Crippen molar-refractivity contribution < 1.29 is 9.13 Å². The van der Waals surface area contributed by atoms with Gasteiger partial charge in [0.25, 0.3) is 0 Å². The second-order valence-corrected chi connectivity index (χ2v) is 6.40. The van der Waals surface area contributed by atoms with Crippen molar-refractivity contribution in [2.75, 3.05) is 7.11 Å². The quantitative estimate of drug-likeness (QED) is 0.599. The summed E-state index contributed by atoms with van der Waals surface area (Å²) in [5.41, 5.74) is 3.61. The maximum absolute atomic E-state index is 14.0. The molecule has 106 valence electrons. The molecule has 2 aromatic rings. The second-order valence-electron chi connectivity index (χ2n) is 4.63. The minimum Gasteiger partial charge on any atom is -0.496 e. The molecule has 0 saturated carbocycles. The van der Waals surface area contributed by atoms with Gasteiger partial charge in [0, 0.05) is 15.6 Å². The zero-order chi connectivity index (χ0) is 14.9. The number of benzene rings is 2. The number of hydrogen-bond acceptors (Lipinski definition) is 1. The average molecular weight is 402 g/mol. The number of hydrogen-bond donors (Lipinski definition) is 0. The molecule has 0 bridgehead atoms. The lowest BCUT2D eigenvalue weighted by Gasteiger charge is -2.20. The van der Waals surface area contributed by atoms with E-state index in [-0.39, 0.29) is 10.6 Å². The van der Waals surface area contributed by atoms with Gasteiger partial charge in [-0.15, -0.1) is 0 Å². The van der Waals surface area contributed by atoms with Crippen LogP contribution >= 0.6 is 31.9 Å². The van der Waals surface area contributed by atoms with Crippen LogP contribution in [0.2, 0.25) is 0 Å². The van der Waals surface area contributed by atoms with Gasteiger partial charge in [0.2, 0.25) is 0 Å². The molecule has 2 aromatic carbocycles. The molecule has 0 radical (unpaired) electrons. The molecule has 0 heterocycles. The average Bonchev–Trinajstić information content (AvgIpc) is 2.42. The van der Waals surface area contributed by atoms with Crippen molar-refractivity contribution in [2.24, 2.45) is 0 Å². The Bertz CT molecular complexity index is 641. The van der Waals surface area contributed by atoms with Gasteiger partial charge in [0.15, 0.2) is 0 Å². The van der Waals surface area contributed by atoms with E-state index in [1.165, 1.54) is 6.07 Å². The highest BCUT2D eigenvalue weighted by molar-refractivity contribution is 9.10. The maximum Gasteiger partial charge on any atom is 0.127 e. The van der Waals surface area contributed by atoms with Crippen molar-refractivity contribution in [3.63, 3.8) is 0 Å². The maximum atomic E-state index is 14.0. The number of rotatable bonds is 3. The van der Waals surface area contributed by atoms with E-state index in [0.717, 1.165) is 26.9 Å². The van der Waals surface area contributed by atoms with Gasteiger partial charge in [0.05, 0.1) is 11.9 Å². The molecule has 0 aliphatic heterocycles. The van der Waals surface area contributed by atoms with E-state index in [9.17, 15) is 4.39 Å². The second kappa shape index (κ2) is 6.27. The summed E-state index contributed by atoms with van der Waals surface area (Å²) in [6.07, 6.45) is 0. The van der Waals surface area contributed by atoms with Crippen LogP contribution < -0.4 is 4.74 Å². The Morgan fingerprint density at radius 3 is 2.45 bits per heavy atom. The van der Waals surface area contributed by atoms with Crippen molar-refractivity contribution >= 4 is 31.9 Å². The van der Waals surface area contributed by atoms with Crippen LogP contribution in [0.5, 0.6) is 5.75 Å². The Morgan fingerprint density at radius 2 is 1.85 bits per heavy atom. The van der Waals surface area contributed by atoms with Crippen LogP contribution in [0.25, 0.3) is 0 Å². The predicted octanol–water partition coefficient (Wildman–Crippen LogP) is 5.70. The van der Waals surface area contributed by atoms with E-state index in [4.69, 9.17) is 4.74 Å². The zero-order valence-electron chi connectivity index (χ0n) is 11.5. The zero-order valence-corrected chi connectivity index (χ0v) is 14.7. The lowest BCUT2D eigenvalue weighted by Crippen LogP contribution is -2.04. The molecule has 0 N–H and O–H groups in total. The third-order valence-electron chi connectivity index (χ3n) is 3.34. The summed E-state index contributed by atoms with van der Waals surface area (Å²) in [6, 6.07) is 8.78. The SMILES string of the molecule is COc1c(C)cc(Br)c(C)c1C(Br)c1ccccc1F. The fourth-order valence-corrected chi connectivity index (χ4v) is 3.77. The molecule has 4 heteroatoms. The Kier molecular flexibility index (Phi) is 4.86. The molecule has 0 aromatic heterocycles. The summed E-state index contributed by atoms with van der Waals surface area (Å²) in [7, 11) is 1.64. The van der Waals surface area contributed by atoms with E-state index in [0.29, 0.717) is 5.56 Å². The van der Waals surface area contributed by atoms with Gasteiger partial charge in [-0.3, -0.25) is 0 Å². The molecule has 1 nitrogen and oxygen atoms in total. The predicted molar refractivity (Wildman–Crippen MR) is 87.3 cm³/mol. The molecule has 0 amide bonds. The van der Waals surface area contributed by atoms with Gasteiger partial charge in [0.1, 0.15) is 11.6 Å². The van der Waals surface area contributed by atoms with Gasteiger partial charge in [-0.05, 0) is 37.1 Å². The highest BCUT2D eigenvalue weighted by Gasteiger charge is 2.23. The topological polar surface area (TPSA) is 9.23 Å². The summed E-state index contributed by atoms with van der Waals surface area (Å²) < 4.78 is 20.5. The molecule has 20 heavy (non-hydrogen) atoms. The molecular weight excluding hydrogens is 387 g/mol. The Balaban J connectivity index is 2.66. The fraction of sp³-hybridized carbons (Fsp3) is 0.250. The fourth-order valence-electron chi connectivity index (χ4n) is 2.29. The molecule has 1 atom stereocenters. The van der Waals surface area contributed by atoms with Crippen molar-refractivity contribution in [1.82, 2.24) is 0 Å². The van der Waals surface area contributed by atoms with Crippen LogP contribution in [0.4, 0.5) is 4.39 Å². The lowest BCUT2D eigenvalue weighted by atomic mass is 9.96. The van der Waals surface area contributed by atoms with Crippen molar-refractivity contribution in [3.05, 3.63) is 62.9 Å². The Labute approximate surface area is 135 Å². The molecule has 2 rings (SSSR count). The van der Waals surface area contributed by atoms with Crippen molar-refractivity contribution in [1.29, 1.82) is 0 Å². The summed E-state index contributed by atoms with van der Waals surface area (Å²) in [4.78, 5) is -0.255. The third-order valence-corrected chi connectivity index (χ3v) is 5.12. The van der Waals surface area contributed by atoms with Crippen LogP contribution in [0.3, 0.4) is 0 Å². The number of ether oxygens (including phenoxy) is 1. The van der Waals surface area contributed by atoms with Gasteiger partial charge in [-0.1, -0.05) is 50.1 Å². The first-order valence-electron chi connectivity index (χ1n) is 6.19. The van der Waals surface area contributed by atoms with Gasteiger partial charge >= 0.3 is 0 Å². The molecule has 0 aliphatic carbocycles. The first kappa shape index (κ1) is 15.5. The minimum atomic E-state index is -0.255. The van der Waals surface area contributed by atoms with E-state index >= 15 is 0 Å². The van der Waals surface area contributed by atoms with E-state index in [2.05, 4.69) is 31.9 Å². The lowest BCUT2D eigenvalue weighted by molar-refractivity contribution is 0.406. The van der Waals surface area contributed by atoms with E-state index in [1.807, 2.05) is 26.0 Å². The number of aryl methyl sites for hydroxylation is 1. The number of alkyl halides is 1. The number of methoxy groups -OCH3 is 1. The standard InChI is InChI=1S/C16H15Br2FO/c1-9-8-12(17)10(2)14(16(9)20-3)15(18)11-6-4-5-7-13(11)19/h4-8,15H,1-3H3. The highest BCUT2D eigenvalue weighted by Crippen LogP contribution is 2.43. The monoisotopic (exact) mass is 400 g/mol. The minimum absolute atomic E-state index is 0.228. The van der Waals surface area contributed by atoms with Crippen molar-refractivity contribution in [2.45, 2.75) is 18.7 Å². The normalized spacial score (nSPS) is 12.3. The van der Waals surface area contributed by atoms with Crippen LogP contribution in [-0.2, 0) is 0 Å². The molecule has 0 aliphatic rings. The molecule has 0 spiro atoms. The first-order chi connectivity index (χ1) is 9.47. The molecule has 0 fully saturated rings. The summed E-state index contributed by atoms with van der Waals surface area (Å²) in [5.74, 6) is 0.560. The first-order valence-corrected chi connectivity index (χ1v) is 7.90. The Morgan fingerprint density at radius 1 is 1.20 bits per heavy atom. The van der Waals surface area contributed by atoms with Gasteiger partial charge in [-0.25, -0.2) is 4.39 Å². The largest absolute Gasteiger partial charge is 0.496 e. The molecule has 1 unspecified atom stereocenters. The smallest absolute Gasteiger partial charge is 0.127 e. The van der Waals surface area contributed by atoms with Crippen LogP contribution in [0.1, 0.15) is 27.1 Å². The summed E-state index contributed by atoms with van der Waals surface area (Å²) in [6.45, 7) is 3.98. The van der Waals surface area contributed by atoms with Crippen LogP contribution in [0.15, 0.2) is 34.8 Å². The van der Waals surface area contributed by atoms with E-state index < -0.39 is 0 Å². The third kappa shape index (κ3) is 2.77. The van der Waals surface area contributed by atoms with Crippen LogP contribution in [-0.4, -0.2) is 7.11 Å². The van der Waals surface area contributed by atoms with E-state index in [1.54, 1.807) is 19.2 Å². The highest BCUT2D eigenvalue weighted by atomic mass is 79.9. The number of halogens is 3. The Hall–Kier alpha value is -0.870. The molecule has 0 saturated heterocycles. The summed E-state index contributed by atoms with van der Waals surface area (Å²) in [5, 5.41) is 0. The van der Waals surface area contributed by atoms with Gasteiger partial charge < -0.3 is 4.74 Å². The van der Waals surface area contributed by atoms with Crippen molar-refractivity contribution in [3.8, 4) is 5.75 Å².